The van der Waals surface area contributed by atoms with Crippen LogP contribution in [0.5, 0.6) is 5.88 Å². The lowest BCUT2D eigenvalue weighted by Crippen LogP contribution is -2.28. The molecule has 2 aromatic rings. The molecular formula is C8H6F3N3O3S. The Morgan fingerprint density at radius 3 is 2.61 bits per heavy atom. The van der Waals surface area contributed by atoms with Crippen molar-refractivity contribution in [3.8, 4) is 5.88 Å². The predicted molar refractivity (Wildman–Crippen MR) is 54.1 cm³/mol. The minimum atomic E-state index is -5.71. The Morgan fingerprint density at radius 2 is 2.00 bits per heavy atom. The summed E-state index contributed by atoms with van der Waals surface area (Å²) in [6, 6.07) is 2.38. The van der Waals surface area contributed by atoms with Gasteiger partial charge in [-0.25, -0.2) is 0 Å². The molecule has 0 spiro atoms. The van der Waals surface area contributed by atoms with E-state index in [1.807, 2.05) is 0 Å². The first-order chi connectivity index (χ1) is 8.21. The zero-order valence-electron chi connectivity index (χ0n) is 8.84. The topological polar surface area (TPSA) is 74.1 Å². The van der Waals surface area contributed by atoms with Gasteiger partial charge in [0.05, 0.1) is 6.20 Å². The number of hydrogen-bond acceptors (Lipinski definition) is 5. The number of aromatic nitrogens is 3. The molecule has 0 bridgehead atoms. The summed E-state index contributed by atoms with van der Waals surface area (Å²) in [5.41, 5.74) is -5.28. The first-order valence-electron chi connectivity index (χ1n) is 4.50. The van der Waals surface area contributed by atoms with Crippen LogP contribution in [0, 0.1) is 0 Å². The number of aryl methyl sites for hydroxylation is 1. The Morgan fingerprint density at radius 1 is 1.33 bits per heavy atom. The van der Waals surface area contributed by atoms with Crippen molar-refractivity contribution in [1.82, 2.24) is 14.8 Å². The second-order valence-electron chi connectivity index (χ2n) is 3.31. The van der Waals surface area contributed by atoms with Crippen molar-refractivity contribution in [1.29, 1.82) is 0 Å². The third kappa shape index (κ3) is 2.10. The average molecular weight is 281 g/mol. The molecule has 0 amide bonds. The van der Waals surface area contributed by atoms with Gasteiger partial charge in [0.2, 0.25) is 5.88 Å². The van der Waals surface area contributed by atoms with Crippen LogP contribution in [0.4, 0.5) is 13.2 Å². The Hall–Kier alpha value is -1.84. The standard InChI is InChI=1S/C8H6F3N3O3S/c1-14-7-5(4-12-14)2-3-6(13-7)17-18(15,16)8(9,10)11/h2-4H,1H3. The highest BCUT2D eigenvalue weighted by atomic mass is 32.2. The fourth-order valence-corrected chi connectivity index (χ4v) is 1.62. The Bertz CT molecular complexity index is 692. The highest BCUT2D eigenvalue weighted by molar-refractivity contribution is 7.87. The number of pyridine rings is 1. The maximum atomic E-state index is 12.1. The van der Waals surface area contributed by atoms with Crippen molar-refractivity contribution in [2.75, 3.05) is 0 Å². The lowest BCUT2D eigenvalue weighted by molar-refractivity contribution is -0.0501. The van der Waals surface area contributed by atoms with Crippen LogP contribution in [-0.2, 0) is 17.2 Å². The Labute approximate surface area is 99.1 Å². The van der Waals surface area contributed by atoms with Crippen molar-refractivity contribution < 1.29 is 25.8 Å². The number of nitrogens with zero attached hydrogens (tertiary/aromatic N) is 3. The van der Waals surface area contributed by atoms with Gasteiger partial charge in [-0.05, 0) is 6.07 Å². The SMILES string of the molecule is Cn1ncc2ccc(OS(=O)(=O)C(F)(F)F)nc21. The van der Waals surface area contributed by atoms with Crippen LogP contribution in [0.2, 0.25) is 0 Å². The molecule has 0 aliphatic rings. The van der Waals surface area contributed by atoms with Gasteiger partial charge in [-0.15, -0.1) is 0 Å². The highest BCUT2D eigenvalue weighted by Gasteiger charge is 2.48. The van der Waals surface area contributed by atoms with Crippen LogP contribution in [-0.4, -0.2) is 28.7 Å². The molecule has 0 saturated carbocycles. The first-order valence-corrected chi connectivity index (χ1v) is 5.91. The fourth-order valence-electron chi connectivity index (χ4n) is 1.21. The van der Waals surface area contributed by atoms with Crippen molar-refractivity contribution >= 4 is 21.2 Å². The quantitative estimate of drug-likeness (QED) is 0.610. The van der Waals surface area contributed by atoms with Gasteiger partial charge in [-0.2, -0.15) is 31.7 Å². The maximum Gasteiger partial charge on any atom is 0.534 e. The van der Waals surface area contributed by atoms with Crippen LogP contribution >= 0.6 is 0 Å². The molecule has 0 N–H and O–H groups in total. The van der Waals surface area contributed by atoms with Gasteiger partial charge < -0.3 is 4.18 Å². The minimum Gasteiger partial charge on any atom is -0.355 e. The van der Waals surface area contributed by atoms with Crippen molar-refractivity contribution in [2.45, 2.75) is 5.51 Å². The molecule has 0 aliphatic heterocycles. The molecule has 2 heterocycles. The summed E-state index contributed by atoms with van der Waals surface area (Å²) >= 11 is 0. The van der Waals surface area contributed by atoms with Crippen molar-refractivity contribution in [3.05, 3.63) is 18.3 Å². The zero-order valence-corrected chi connectivity index (χ0v) is 9.66. The van der Waals surface area contributed by atoms with E-state index in [2.05, 4.69) is 14.3 Å². The number of fused-ring (bicyclic) bond motifs is 1. The number of hydrogen-bond donors (Lipinski definition) is 0. The normalized spacial score (nSPS) is 12.9. The molecule has 6 nitrogen and oxygen atoms in total. The van der Waals surface area contributed by atoms with E-state index in [-0.39, 0.29) is 5.65 Å². The molecule has 98 valence electrons. The van der Waals surface area contributed by atoms with E-state index < -0.39 is 21.5 Å². The van der Waals surface area contributed by atoms with E-state index >= 15 is 0 Å². The summed E-state index contributed by atoms with van der Waals surface area (Å²) in [5, 5.41) is 4.36. The van der Waals surface area contributed by atoms with Gasteiger partial charge in [0.1, 0.15) is 0 Å². The van der Waals surface area contributed by atoms with Gasteiger partial charge in [0.15, 0.2) is 5.65 Å². The largest absolute Gasteiger partial charge is 0.534 e. The van der Waals surface area contributed by atoms with E-state index in [0.717, 1.165) is 6.07 Å². The van der Waals surface area contributed by atoms with Crippen LogP contribution in [0.25, 0.3) is 11.0 Å². The second-order valence-corrected chi connectivity index (χ2v) is 4.85. The predicted octanol–water partition coefficient (Wildman–Crippen LogP) is 1.20. The van der Waals surface area contributed by atoms with Crippen LogP contribution in [0.3, 0.4) is 0 Å². The minimum absolute atomic E-state index is 0.213. The number of rotatable bonds is 2. The molecule has 10 heteroatoms. The van der Waals surface area contributed by atoms with Crippen LogP contribution < -0.4 is 4.18 Å². The molecule has 0 radical (unpaired) electrons. The van der Waals surface area contributed by atoms with Gasteiger partial charge >= 0.3 is 15.6 Å². The van der Waals surface area contributed by atoms with Gasteiger partial charge in [-0.3, -0.25) is 4.68 Å². The fraction of sp³-hybridized carbons (Fsp3) is 0.250. The summed E-state index contributed by atoms with van der Waals surface area (Å²) in [6.07, 6.45) is 1.43. The molecule has 0 aliphatic carbocycles. The summed E-state index contributed by atoms with van der Waals surface area (Å²) in [4.78, 5) is 3.63. The molecule has 2 aromatic heterocycles. The van der Waals surface area contributed by atoms with E-state index in [9.17, 15) is 21.6 Å². The van der Waals surface area contributed by atoms with E-state index in [1.54, 1.807) is 0 Å². The zero-order chi connectivity index (χ0) is 13.6. The molecule has 0 unspecified atom stereocenters. The van der Waals surface area contributed by atoms with Crippen molar-refractivity contribution in [2.24, 2.45) is 7.05 Å². The molecule has 2 rings (SSSR count). The van der Waals surface area contributed by atoms with E-state index in [4.69, 9.17) is 0 Å². The third-order valence-electron chi connectivity index (χ3n) is 2.03. The molecule has 0 saturated heterocycles. The average Bonchev–Trinajstić information content (AvgIpc) is 2.58. The molecule has 0 fully saturated rings. The Balaban J connectivity index is 2.41. The number of alkyl halides is 3. The summed E-state index contributed by atoms with van der Waals surface area (Å²) in [7, 11) is -4.20. The van der Waals surface area contributed by atoms with E-state index in [0.29, 0.717) is 5.39 Å². The smallest absolute Gasteiger partial charge is 0.355 e. The lowest BCUT2D eigenvalue weighted by Gasteiger charge is -2.08. The summed E-state index contributed by atoms with van der Waals surface area (Å²) < 4.78 is 63.0. The second kappa shape index (κ2) is 3.83. The van der Waals surface area contributed by atoms with Crippen LogP contribution in [0.1, 0.15) is 0 Å². The number of halogens is 3. The molecule has 18 heavy (non-hydrogen) atoms. The first kappa shape index (κ1) is 12.6. The summed E-state index contributed by atoms with van der Waals surface area (Å²) in [5.74, 6) is -0.663. The summed E-state index contributed by atoms with van der Waals surface area (Å²) in [6.45, 7) is 0. The van der Waals surface area contributed by atoms with E-state index in [1.165, 1.54) is 24.0 Å². The monoisotopic (exact) mass is 281 g/mol. The maximum absolute atomic E-state index is 12.1. The van der Waals surface area contributed by atoms with Crippen molar-refractivity contribution in [3.63, 3.8) is 0 Å². The van der Waals surface area contributed by atoms with Crippen LogP contribution in [0.15, 0.2) is 18.3 Å². The van der Waals surface area contributed by atoms with Gasteiger partial charge in [-0.1, -0.05) is 0 Å². The lowest BCUT2D eigenvalue weighted by atomic mass is 10.3. The van der Waals surface area contributed by atoms with Gasteiger partial charge in [0.25, 0.3) is 0 Å². The molecule has 0 aromatic carbocycles. The Kier molecular flexibility index (Phi) is 2.69. The third-order valence-corrected chi connectivity index (χ3v) is 2.99. The molecular weight excluding hydrogens is 275 g/mol. The highest BCUT2D eigenvalue weighted by Crippen LogP contribution is 2.26. The molecule has 0 atom stereocenters. The van der Waals surface area contributed by atoms with Gasteiger partial charge in [0, 0.05) is 18.5 Å².